The summed E-state index contributed by atoms with van der Waals surface area (Å²) in [6.07, 6.45) is 0.881. The van der Waals surface area contributed by atoms with Crippen LogP contribution in [-0.2, 0) is 9.57 Å². The number of rotatable bonds is 9. The lowest BCUT2D eigenvalue weighted by Crippen LogP contribution is -2.41. The maximum atomic E-state index is 13.1. The molecule has 9 nitrogen and oxygen atoms in total. The predicted molar refractivity (Wildman–Crippen MR) is 139 cm³/mol. The van der Waals surface area contributed by atoms with Crippen molar-refractivity contribution in [1.29, 1.82) is 0 Å². The van der Waals surface area contributed by atoms with E-state index < -0.39 is 0 Å². The second kappa shape index (κ2) is 11.1. The van der Waals surface area contributed by atoms with Gasteiger partial charge in [-0.1, -0.05) is 35.5 Å². The number of hydrogen-bond donors (Lipinski definition) is 1. The van der Waals surface area contributed by atoms with Crippen molar-refractivity contribution in [3.8, 4) is 11.3 Å². The summed E-state index contributed by atoms with van der Waals surface area (Å²) in [4.78, 5) is 33.0. The van der Waals surface area contributed by atoms with Crippen molar-refractivity contribution in [3.63, 3.8) is 0 Å². The monoisotopic (exact) mass is 488 g/mol. The Bertz CT molecular complexity index is 1270. The van der Waals surface area contributed by atoms with Crippen molar-refractivity contribution < 1.29 is 14.4 Å². The minimum Gasteiger partial charge on any atom is -0.395 e. The molecule has 1 saturated heterocycles. The van der Waals surface area contributed by atoms with Gasteiger partial charge in [-0.2, -0.15) is 0 Å². The molecule has 2 aromatic carbocycles. The van der Waals surface area contributed by atoms with Gasteiger partial charge < -0.3 is 19.8 Å². The van der Waals surface area contributed by atoms with E-state index in [9.17, 15) is 4.79 Å². The summed E-state index contributed by atoms with van der Waals surface area (Å²) < 4.78 is 5.39. The van der Waals surface area contributed by atoms with Gasteiger partial charge in [-0.3, -0.25) is 9.69 Å². The highest BCUT2D eigenvalue weighted by Gasteiger charge is 2.29. The average Bonchev–Trinajstić information content (AvgIpc) is 3.20. The Morgan fingerprint density at radius 3 is 2.69 bits per heavy atom. The van der Waals surface area contributed by atoms with E-state index in [1.807, 2.05) is 50.5 Å². The smallest absolute Gasteiger partial charge is 0.253 e. The Balaban J connectivity index is 1.39. The highest BCUT2D eigenvalue weighted by atomic mass is 16.6. The number of benzene rings is 2. The molecule has 0 bridgehead atoms. The maximum absolute atomic E-state index is 13.1. The van der Waals surface area contributed by atoms with E-state index in [0.717, 1.165) is 62.6 Å². The molecule has 1 N–H and O–H groups in total. The number of carbonyl (C=O) groups excluding carboxylic acids is 1. The zero-order valence-electron chi connectivity index (χ0n) is 20.9. The lowest BCUT2D eigenvalue weighted by atomic mass is 10.1. The van der Waals surface area contributed by atoms with E-state index in [1.165, 1.54) is 0 Å². The third kappa shape index (κ3) is 5.23. The van der Waals surface area contributed by atoms with Crippen LogP contribution in [0.3, 0.4) is 0 Å². The van der Waals surface area contributed by atoms with Crippen LogP contribution >= 0.6 is 0 Å². The molecular formula is C27H32N6O3. The van der Waals surface area contributed by atoms with E-state index in [0.29, 0.717) is 41.2 Å². The second-order valence-electron chi connectivity index (χ2n) is 9.28. The van der Waals surface area contributed by atoms with E-state index in [2.05, 4.69) is 20.3 Å². The van der Waals surface area contributed by atoms with Crippen LogP contribution in [0.4, 0.5) is 0 Å². The normalized spacial score (nSPS) is 16.4. The molecule has 1 aliphatic carbocycles. The molecule has 3 aromatic rings. The fourth-order valence-corrected chi connectivity index (χ4v) is 4.53. The number of oxime groups is 1. The molecule has 2 aliphatic rings. The molecule has 0 saturated carbocycles. The first-order valence-electron chi connectivity index (χ1n) is 12.5. The van der Waals surface area contributed by atoms with Gasteiger partial charge >= 0.3 is 0 Å². The third-order valence-electron chi connectivity index (χ3n) is 6.42. The van der Waals surface area contributed by atoms with Gasteiger partial charge in [0.2, 0.25) is 0 Å². The summed E-state index contributed by atoms with van der Waals surface area (Å²) in [5, 5.41) is 7.50. The number of nitrogens with one attached hydrogen (secondary N) is 1. The van der Waals surface area contributed by atoms with Crippen LogP contribution < -0.4 is 5.32 Å². The molecule has 0 spiro atoms. The first-order chi connectivity index (χ1) is 17.6. The zero-order valence-corrected chi connectivity index (χ0v) is 20.9. The molecule has 0 unspecified atom stereocenters. The van der Waals surface area contributed by atoms with Crippen LogP contribution in [0.2, 0.25) is 0 Å². The largest absolute Gasteiger partial charge is 0.395 e. The highest BCUT2D eigenvalue weighted by molar-refractivity contribution is 6.23. The zero-order chi connectivity index (χ0) is 24.9. The quantitative estimate of drug-likeness (QED) is 0.286. The molecule has 188 valence electrons. The molecule has 1 aromatic heterocycles. The standard InChI is InChI=1S/C27H32N6O3/c1-32(2)12-6-16-36-31-25-20-8-4-3-7-19(20)24-26(25)29-22-10-5-9-21(23(22)30-24)27(34)28-11-13-33-14-17-35-18-15-33/h3-5,7-10H,6,11-18H2,1-2H3,(H,28,34)/b31-25+. The second-order valence-corrected chi connectivity index (χ2v) is 9.28. The number of ether oxygens (including phenoxy) is 1. The summed E-state index contributed by atoms with van der Waals surface area (Å²) in [5.74, 6) is -0.146. The van der Waals surface area contributed by atoms with Crippen molar-refractivity contribution in [3.05, 3.63) is 59.3 Å². The summed E-state index contributed by atoms with van der Waals surface area (Å²) in [6.45, 7) is 6.09. The van der Waals surface area contributed by atoms with Gasteiger partial charge in [0.1, 0.15) is 23.5 Å². The van der Waals surface area contributed by atoms with E-state index in [1.54, 1.807) is 6.07 Å². The number of amides is 1. The van der Waals surface area contributed by atoms with Gasteiger partial charge in [-0.05, 0) is 32.6 Å². The maximum Gasteiger partial charge on any atom is 0.253 e. The van der Waals surface area contributed by atoms with E-state index in [4.69, 9.17) is 19.5 Å². The van der Waals surface area contributed by atoms with Gasteiger partial charge in [0.15, 0.2) is 0 Å². The number of hydrogen-bond acceptors (Lipinski definition) is 8. The summed E-state index contributed by atoms with van der Waals surface area (Å²) in [7, 11) is 4.07. The van der Waals surface area contributed by atoms with Gasteiger partial charge in [0.25, 0.3) is 5.91 Å². The lowest BCUT2D eigenvalue weighted by molar-refractivity contribution is 0.0383. The average molecular weight is 489 g/mol. The third-order valence-corrected chi connectivity index (χ3v) is 6.42. The minimum atomic E-state index is -0.146. The number of morpholine rings is 1. The molecule has 0 atom stereocenters. The summed E-state index contributed by atoms with van der Waals surface area (Å²) in [6, 6.07) is 13.5. The number of aromatic nitrogens is 2. The van der Waals surface area contributed by atoms with Crippen molar-refractivity contribution in [2.45, 2.75) is 6.42 Å². The first kappa shape index (κ1) is 24.3. The Morgan fingerprint density at radius 1 is 1.08 bits per heavy atom. The van der Waals surface area contributed by atoms with Gasteiger partial charge in [-0.25, -0.2) is 9.97 Å². The molecule has 0 radical (unpaired) electrons. The number of carbonyl (C=O) groups is 1. The Labute approximate surface area is 211 Å². The molecule has 1 fully saturated rings. The number of para-hydroxylation sites is 1. The minimum absolute atomic E-state index is 0.146. The van der Waals surface area contributed by atoms with Crippen molar-refractivity contribution in [2.24, 2.45) is 5.16 Å². The van der Waals surface area contributed by atoms with Crippen LogP contribution in [0.15, 0.2) is 47.6 Å². The van der Waals surface area contributed by atoms with Crippen LogP contribution in [0.25, 0.3) is 22.3 Å². The Hall–Kier alpha value is -3.40. The lowest BCUT2D eigenvalue weighted by Gasteiger charge is -2.26. The molecule has 1 amide bonds. The number of fused-ring (bicyclic) bond motifs is 4. The predicted octanol–water partition coefficient (Wildman–Crippen LogP) is 2.39. The highest BCUT2D eigenvalue weighted by Crippen LogP contribution is 2.36. The van der Waals surface area contributed by atoms with Crippen LogP contribution in [0.1, 0.15) is 28.0 Å². The molecule has 9 heteroatoms. The topological polar surface area (TPSA) is 92.2 Å². The van der Waals surface area contributed by atoms with Crippen LogP contribution in [0.5, 0.6) is 0 Å². The SMILES string of the molecule is CN(C)CCCO/N=C1\c2ccccc2-c2nc3c(C(=O)NCCN4CCOCC4)cccc3nc21. The Morgan fingerprint density at radius 2 is 1.89 bits per heavy atom. The molecular weight excluding hydrogens is 456 g/mol. The fourth-order valence-electron chi connectivity index (χ4n) is 4.53. The Kier molecular flexibility index (Phi) is 7.50. The summed E-state index contributed by atoms with van der Waals surface area (Å²) in [5.41, 5.74) is 5.73. The van der Waals surface area contributed by atoms with Gasteiger partial charge in [-0.15, -0.1) is 0 Å². The van der Waals surface area contributed by atoms with E-state index in [-0.39, 0.29) is 5.91 Å². The number of nitrogens with zero attached hydrogens (tertiary/aromatic N) is 5. The van der Waals surface area contributed by atoms with Gasteiger partial charge in [0.05, 0.1) is 30.0 Å². The summed E-state index contributed by atoms with van der Waals surface area (Å²) >= 11 is 0. The van der Waals surface area contributed by atoms with Crippen molar-refractivity contribution >= 4 is 22.7 Å². The van der Waals surface area contributed by atoms with Gasteiger partial charge in [0, 0.05) is 43.9 Å². The van der Waals surface area contributed by atoms with Crippen LogP contribution in [-0.4, -0.2) is 98.0 Å². The molecule has 1 aliphatic heterocycles. The van der Waals surface area contributed by atoms with Crippen molar-refractivity contribution in [2.75, 3.05) is 66.6 Å². The first-order valence-corrected chi connectivity index (χ1v) is 12.5. The fraction of sp³-hybridized carbons (Fsp3) is 0.407. The van der Waals surface area contributed by atoms with E-state index >= 15 is 0 Å². The molecule has 36 heavy (non-hydrogen) atoms. The molecule has 2 heterocycles. The van der Waals surface area contributed by atoms with Crippen molar-refractivity contribution in [1.82, 2.24) is 25.1 Å². The van der Waals surface area contributed by atoms with Crippen LogP contribution in [0, 0.1) is 0 Å². The molecule has 5 rings (SSSR count).